The van der Waals surface area contributed by atoms with Gasteiger partial charge in [-0.2, -0.15) is 10.5 Å². The van der Waals surface area contributed by atoms with E-state index in [9.17, 15) is 10.5 Å². The van der Waals surface area contributed by atoms with Gasteiger partial charge in [0.05, 0.1) is 59.9 Å². The Labute approximate surface area is 511 Å². The second-order valence-electron chi connectivity index (χ2n) is 21.9. The third kappa shape index (κ3) is 8.58. The van der Waals surface area contributed by atoms with Crippen LogP contribution in [0.5, 0.6) is 11.5 Å². The first-order valence-corrected chi connectivity index (χ1v) is 29.1. The van der Waals surface area contributed by atoms with Crippen LogP contribution in [0.2, 0.25) is 0 Å². The lowest BCUT2D eigenvalue weighted by Gasteiger charge is -2.28. The number of hydrogen-bond donors (Lipinski definition) is 0. The minimum absolute atomic E-state index is 0.165. The number of nitrogens with zero attached hydrogens (tertiary/aromatic N) is 10. The molecule has 10 aromatic carbocycles. The van der Waals surface area contributed by atoms with E-state index in [-0.39, 0.29) is 11.1 Å². The summed E-state index contributed by atoms with van der Waals surface area (Å²) in [6, 6.07) is 85.1. The number of fused-ring (bicyclic) bond motifs is 8. The molecule has 0 N–H and O–H groups in total. The van der Waals surface area contributed by atoms with Gasteiger partial charge < -0.3 is 23.8 Å². The summed E-state index contributed by atoms with van der Waals surface area (Å²) < 4.78 is 36.7. The number of halogens is 1. The lowest BCUT2D eigenvalue weighted by molar-refractivity contribution is -0.535. The van der Waals surface area contributed by atoms with Crippen LogP contribution >= 0.6 is 0 Å². The number of pyridine rings is 2. The van der Waals surface area contributed by atoms with Crippen molar-refractivity contribution < 1.29 is 22.7 Å². The normalized spacial score (nSPS) is 12.4. The van der Waals surface area contributed by atoms with Gasteiger partial charge in [-0.1, -0.05) is 121 Å². The van der Waals surface area contributed by atoms with Gasteiger partial charge in [0.25, 0.3) is 0 Å². The van der Waals surface area contributed by atoms with E-state index in [0.717, 1.165) is 94.6 Å². The van der Waals surface area contributed by atoms with E-state index < -0.39 is 7.26 Å². The molecular formula is C74H48B2FN10O2+2. The average Bonchev–Trinajstić information content (AvgIpc) is 2.12. The minimum Gasteiger partial charge on any atom is -0.495 e. The van der Waals surface area contributed by atoms with E-state index in [0.29, 0.717) is 39.6 Å². The van der Waals surface area contributed by atoms with Gasteiger partial charge in [0, 0.05) is 67.8 Å². The summed E-state index contributed by atoms with van der Waals surface area (Å²) in [7, 11) is 3.80. The zero-order valence-corrected chi connectivity index (χ0v) is 48.1. The first-order chi connectivity index (χ1) is 43.9. The molecule has 0 unspecified atom stereocenters. The number of hydrogen-bond acceptors (Lipinski definition) is 8. The molecule has 2 aliphatic heterocycles. The van der Waals surface area contributed by atoms with E-state index >= 15 is 4.32 Å². The lowest BCUT2D eigenvalue weighted by atomic mass is 9.95. The summed E-state index contributed by atoms with van der Waals surface area (Å²) in [5, 5.41) is 28.5. The fraction of sp³-hybridized carbons (Fsp3) is 0.0270. The number of para-hydroxylation sites is 2. The van der Waals surface area contributed by atoms with Gasteiger partial charge in [-0.3, -0.25) is 13.3 Å². The van der Waals surface area contributed by atoms with Gasteiger partial charge in [0.1, 0.15) is 23.6 Å². The molecule has 0 saturated carbocycles. The molecule has 0 bridgehead atoms. The van der Waals surface area contributed by atoms with Crippen LogP contribution in [0.25, 0.3) is 76.8 Å². The van der Waals surface area contributed by atoms with Crippen LogP contribution in [0.3, 0.4) is 0 Å². The molecule has 12 nitrogen and oxygen atoms in total. The zero-order chi connectivity index (χ0) is 59.9. The largest absolute Gasteiger partial charge is 0.727 e. The maximum atomic E-state index is 16.8. The van der Waals surface area contributed by atoms with Gasteiger partial charge >= 0.3 is 26.4 Å². The molecule has 0 saturated heterocycles. The molecule has 0 spiro atoms. The van der Waals surface area contributed by atoms with Gasteiger partial charge in [-0.05, 0) is 152 Å². The second kappa shape index (κ2) is 21.2. The maximum Gasteiger partial charge on any atom is 0.727 e. The summed E-state index contributed by atoms with van der Waals surface area (Å²) in [6.07, 6.45) is 3.94. The number of benzene rings is 10. The third-order valence-corrected chi connectivity index (χ3v) is 17.1. The fourth-order valence-electron chi connectivity index (χ4n) is 12.9. The number of methoxy groups -OCH3 is 2. The highest BCUT2D eigenvalue weighted by Gasteiger charge is 2.40. The van der Waals surface area contributed by atoms with Crippen molar-refractivity contribution in [1.82, 2.24) is 8.96 Å². The van der Waals surface area contributed by atoms with Crippen LogP contribution in [0.1, 0.15) is 11.1 Å². The second-order valence-corrected chi connectivity index (χ2v) is 21.9. The Hall–Kier alpha value is -12.1. The SMILES string of the molecule is COc1cc(/C(C#N)=C(\C#N)c2ccc(N(c3ccccc3)c3ccc(-c4ccc5[n+](c4)B(F)n4c(c6cccc7cccc4c76)=N5)cc3)c(OC)c2)ccc1N(c1ccccc1)c1ccc(-c2ccc3[n+](c2)[B]n2c(c4cccc5cccc2c54)=N3)cc1. The fourth-order valence-corrected chi connectivity index (χ4v) is 12.9. The Bertz CT molecular complexity index is 5440. The Balaban J connectivity index is 0.697. The van der Waals surface area contributed by atoms with Gasteiger partial charge in [-0.15, -0.1) is 0 Å². The van der Waals surface area contributed by atoms with Gasteiger partial charge in [0.15, 0.2) is 0 Å². The molecule has 4 aromatic heterocycles. The maximum absolute atomic E-state index is 16.8. The zero-order valence-electron chi connectivity index (χ0n) is 48.1. The van der Waals surface area contributed by atoms with Crippen molar-refractivity contribution in [3.05, 3.63) is 277 Å². The number of aromatic nitrogens is 4. The highest BCUT2D eigenvalue weighted by Crippen LogP contribution is 2.45. The van der Waals surface area contributed by atoms with Crippen molar-refractivity contribution >= 4 is 115 Å². The van der Waals surface area contributed by atoms with E-state index in [4.69, 9.17) is 19.5 Å². The summed E-state index contributed by atoms with van der Waals surface area (Å²) in [5.41, 5.74) is 13.4. The standard InChI is InChI=1S/C74H48B2FN10O2/c1-88-67-41-51(29-37-63(67)84(55-17-5-3-6-18-55)57-33-25-47(26-34-57)53-31-39-69-80-73-59-21-9-13-49-15-11-23-65(71(49)59)86(73)75-82(69)45-53)61(43-78)62(44-79)52-30-38-64(68(42-52)89-2)85(56-19-7-4-8-20-56)58-35-27-48(28-36-58)54-32-40-70-81-74-60-22-10-14-50-16-12-24-66(72(50)60)87(74)76(77)83(70)46-54/h3-42,45-46H,1-2H3/q+2/b62-61+. The summed E-state index contributed by atoms with van der Waals surface area (Å²) in [6.45, 7) is 0. The Morgan fingerprint density at radius 1 is 0.483 bits per heavy atom. The third-order valence-electron chi connectivity index (χ3n) is 17.1. The minimum atomic E-state index is -1.51. The number of nitriles is 2. The van der Waals surface area contributed by atoms with Crippen LogP contribution < -0.4 is 39.2 Å². The lowest BCUT2D eigenvalue weighted by Crippen LogP contribution is -2.58. The number of allylic oxidation sites excluding steroid dienone is 2. The van der Waals surface area contributed by atoms with Gasteiger partial charge in [0.2, 0.25) is 11.0 Å². The molecular weight excluding hydrogens is 1100 g/mol. The molecule has 15 heteroatoms. The molecule has 6 heterocycles. The van der Waals surface area contributed by atoms with Crippen molar-refractivity contribution in [3.8, 4) is 45.9 Å². The quantitative estimate of drug-likeness (QED) is 0.0684. The molecule has 0 atom stereocenters. The molecule has 0 aliphatic carbocycles. The van der Waals surface area contributed by atoms with E-state index in [1.165, 1.54) is 10.8 Å². The first kappa shape index (κ1) is 52.5. The molecule has 16 rings (SSSR count). The predicted octanol–water partition coefficient (Wildman–Crippen LogP) is 15.0. The van der Waals surface area contributed by atoms with E-state index in [1.807, 2.05) is 170 Å². The predicted molar refractivity (Wildman–Crippen MR) is 351 cm³/mol. The smallest absolute Gasteiger partial charge is 0.495 e. The molecule has 2 aliphatic rings. The van der Waals surface area contributed by atoms with Gasteiger partial charge in [-0.25, -0.2) is 4.48 Å². The summed E-state index contributed by atoms with van der Waals surface area (Å²) in [5.74, 6) is 2.34. The van der Waals surface area contributed by atoms with Crippen molar-refractivity contribution in [2.45, 2.75) is 0 Å². The number of anilines is 6. The highest BCUT2D eigenvalue weighted by atomic mass is 19.1. The monoisotopic (exact) mass is 1150 g/mol. The highest BCUT2D eigenvalue weighted by molar-refractivity contribution is 6.42. The Morgan fingerprint density at radius 3 is 1.48 bits per heavy atom. The number of ether oxygens (including phenoxy) is 2. The Kier molecular flexibility index (Phi) is 12.5. The first-order valence-electron chi connectivity index (χ1n) is 29.1. The van der Waals surface area contributed by atoms with Crippen molar-refractivity contribution in [1.29, 1.82) is 10.5 Å². The molecule has 89 heavy (non-hydrogen) atoms. The van der Waals surface area contributed by atoms with Crippen LogP contribution in [0.15, 0.2) is 265 Å². The van der Waals surface area contributed by atoms with E-state index in [2.05, 4.69) is 117 Å². The summed E-state index contributed by atoms with van der Waals surface area (Å²) in [4.78, 5) is 14.3. The van der Waals surface area contributed by atoms with Crippen molar-refractivity contribution in [2.75, 3.05) is 24.0 Å². The van der Waals surface area contributed by atoms with Crippen LogP contribution in [0.4, 0.5) is 50.1 Å². The molecule has 417 valence electrons. The van der Waals surface area contributed by atoms with Crippen LogP contribution in [0, 0.1) is 22.7 Å². The Morgan fingerprint density at radius 2 is 0.944 bits per heavy atom. The van der Waals surface area contributed by atoms with Crippen molar-refractivity contribution in [3.63, 3.8) is 0 Å². The molecule has 1 radical (unpaired) electrons. The molecule has 0 fully saturated rings. The van der Waals surface area contributed by atoms with E-state index in [1.54, 1.807) is 29.2 Å². The molecule has 14 aromatic rings. The average molecular weight is 1150 g/mol. The summed E-state index contributed by atoms with van der Waals surface area (Å²) >= 11 is 0. The topological polar surface area (TPSA) is 115 Å². The number of rotatable bonds is 12. The van der Waals surface area contributed by atoms with Crippen LogP contribution in [-0.2, 0) is 0 Å². The molecule has 0 amide bonds. The van der Waals surface area contributed by atoms with Crippen molar-refractivity contribution in [2.24, 2.45) is 9.98 Å². The van der Waals surface area contributed by atoms with Crippen LogP contribution in [-0.4, -0.2) is 38.0 Å².